The predicted octanol–water partition coefficient (Wildman–Crippen LogP) is 12.8. The van der Waals surface area contributed by atoms with Gasteiger partial charge in [0.25, 0.3) is 0 Å². The molecular formula is C53H43O8P. The van der Waals surface area contributed by atoms with Gasteiger partial charge in [-0.3, -0.25) is 4.52 Å². The van der Waals surface area contributed by atoms with Crippen molar-refractivity contribution in [3.05, 3.63) is 216 Å². The Kier molecular flexibility index (Phi) is 10.9. The highest BCUT2D eigenvalue weighted by atomic mass is 31.1. The largest absolute Gasteiger partial charge is 0.399 e. The van der Waals surface area contributed by atoms with Gasteiger partial charge in [-0.15, -0.1) is 0 Å². The quantitative estimate of drug-likeness (QED) is 0.142. The Morgan fingerprint density at radius 3 is 1.35 bits per heavy atom. The second kappa shape index (κ2) is 17.4. The van der Waals surface area contributed by atoms with Crippen LogP contribution in [0.4, 0.5) is 0 Å². The van der Waals surface area contributed by atoms with E-state index in [1.165, 1.54) is 0 Å². The zero-order valence-corrected chi connectivity index (χ0v) is 34.5. The number of fused-ring (bicyclic) bond motifs is 7. The van der Waals surface area contributed by atoms with Gasteiger partial charge >= 0.3 is 8.24 Å². The SMILES string of the molecule is c1ccc(C2OC[C@@H](OC(c3ccccc3)c3ccccc3)[C@H]([C@@H]3OC(c4ccccc4)OC[C@H]3Op3oc4ccc5ccccc5c4c4c(ccc5ccccc54)o3)O2)cc1. The molecule has 0 radical (unpaired) electrons. The van der Waals surface area contributed by atoms with Gasteiger partial charge in [0.05, 0.1) is 13.2 Å². The molecule has 0 saturated carbocycles. The Labute approximate surface area is 359 Å². The predicted molar refractivity (Wildman–Crippen MR) is 241 cm³/mol. The van der Waals surface area contributed by atoms with Crippen LogP contribution in [0.15, 0.2) is 203 Å². The fourth-order valence-corrected chi connectivity index (χ4v) is 9.88. The van der Waals surface area contributed by atoms with Gasteiger partial charge in [0.2, 0.25) is 0 Å². The highest BCUT2D eigenvalue weighted by Gasteiger charge is 2.48. The molecule has 0 spiro atoms. The molecule has 2 aliphatic rings. The normalized spacial score (nSPS) is 21.8. The van der Waals surface area contributed by atoms with E-state index in [0.29, 0.717) is 11.2 Å². The van der Waals surface area contributed by atoms with E-state index >= 15 is 0 Å². The summed E-state index contributed by atoms with van der Waals surface area (Å²) in [6, 6.07) is 65.2. The number of hydrogen-bond acceptors (Lipinski definition) is 8. The van der Waals surface area contributed by atoms with Crippen molar-refractivity contribution in [2.24, 2.45) is 0 Å². The summed E-state index contributed by atoms with van der Waals surface area (Å²) in [5.74, 6) is 0. The Bertz CT molecular complexity index is 2850. The van der Waals surface area contributed by atoms with Crippen LogP contribution in [0.25, 0.3) is 43.5 Å². The summed E-state index contributed by atoms with van der Waals surface area (Å²) >= 11 is 0. The number of benzene rings is 8. The molecule has 1 aromatic heterocycles. The molecule has 9 aromatic rings. The monoisotopic (exact) mass is 838 g/mol. The first-order valence-corrected chi connectivity index (χ1v) is 22.1. The van der Waals surface area contributed by atoms with Crippen molar-refractivity contribution >= 4 is 51.7 Å². The number of rotatable bonds is 9. The van der Waals surface area contributed by atoms with E-state index in [0.717, 1.165) is 54.6 Å². The smallest absolute Gasteiger partial charge is 0.387 e. The third-order valence-corrected chi connectivity index (χ3v) is 12.8. The van der Waals surface area contributed by atoms with Crippen LogP contribution in [0, 0.1) is 0 Å². The van der Waals surface area contributed by atoms with E-state index < -0.39 is 51.3 Å². The molecule has 0 N–H and O–H groups in total. The highest BCUT2D eigenvalue weighted by Crippen LogP contribution is 2.44. The van der Waals surface area contributed by atoms with Crippen molar-refractivity contribution in [2.75, 3.05) is 13.2 Å². The fraction of sp³-hybridized carbons (Fsp3) is 0.170. The van der Waals surface area contributed by atoms with E-state index in [1.54, 1.807) is 0 Å². The lowest BCUT2D eigenvalue weighted by atomic mass is 9.98. The Morgan fingerprint density at radius 2 is 0.855 bits per heavy atom. The standard InChI is InChI=1S/C53H43O8P/c1-5-19-37(20-6-1)49(38-21-7-2-8-22-38)56-45-33-54-52(39-23-9-3-10-24-39)57-50(45)51-46(34-55-53(58-51)40-25-11-4-12-26-40)61-62-59-43-31-29-35-17-13-15-27-41(35)47(43)48-42-28-16-14-18-36(42)30-32-44(48)60-62/h1-32,45-46,49-53H,33-34H2/t45-,46-,50-,51-,52?,53?/m1/s1. The third-order valence-electron chi connectivity index (χ3n) is 11.7. The maximum Gasteiger partial charge on any atom is 0.387 e. The maximum atomic E-state index is 7.20. The van der Waals surface area contributed by atoms with E-state index in [9.17, 15) is 0 Å². The minimum atomic E-state index is -2.07. The molecule has 0 bridgehead atoms. The second-order valence-corrected chi connectivity index (χ2v) is 16.6. The van der Waals surface area contributed by atoms with Crippen molar-refractivity contribution in [3.8, 4) is 0 Å². The Balaban J connectivity index is 1.04. The minimum absolute atomic E-state index is 0.162. The van der Waals surface area contributed by atoms with E-state index in [4.69, 9.17) is 36.6 Å². The summed E-state index contributed by atoms with van der Waals surface area (Å²) in [6.07, 6.45) is -4.56. The van der Waals surface area contributed by atoms with Gasteiger partial charge in [-0.05, 0) is 44.8 Å². The minimum Gasteiger partial charge on any atom is -0.399 e. The molecule has 2 fully saturated rings. The molecule has 11 rings (SSSR count). The molecule has 8 aromatic carbocycles. The van der Waals surface area contributed by atoms with Crippen molar-refractivity contribution < 1.29 is 36.6 Å². The van der Waals surface area contributed by atoms with Crippen molar-refractivity contribution in [2.45, 2.75) is 43.1 Å². The summed E-state index contributed by atoms with van der Waals surface area (Å²) in [6.45, 7) is 0.391. The van der Waals surface area contributed by atoms with E-state index in [2.05, 4.69) is 72.8 Å². The first kappa shape index (κ1) is 38.8. The van der Waals surface area contributed by atoms with Crippen molar-refractivity contribution in [1.29, 1.82) is 0 Å². The summed E-state index contributed by atoms with van der Waals surface area (Å²) in [7, 11) is -2.07. The van der Waals surface area contributed by atoms with Gasteiger partial charge in [-0.25, -0.2) is 0 Å². The lowest BCUT2D eigenvalue weighted by Gasteiger charge is -2.45. The maximum absolute atomic E-state index is 7.20. The van der Waals surface area contributed by atoms with Crippen LogP contribution in [0.1, 0.15) is 40.9 Å². The van der Waals surface area contributed by atoms with Gasteiger partial charge in [0.15, 0.2) is 12.6 Å². The molecule has 6 atom stereocenters. The number of ether oxygens (including phenoxy) is 5. The van der Waals surface area contributed by atoms with Crippen molar-refractivity contribution in [3.63, 3.8) is 0 Å². The Hall–Kier alpha value is -6.06. The van der Waals surface area contributed by atoms with Crippen LogP contribution in [0.2, 0.25) is 0 Å². The van der Waals surface area contributed by atoms with Crippen molar-refractivity contribution in [1.82, 2.24) is 0 Å². The molecule has 3 heterocycles. The van der Waals surface area contributed by atoms with Gasteiger partial charge in [-0.1, -0.05) is 182 Å². The lowest BCUT2D eigenvalue weighted by Crippen LogP contribution is -2.58. The topological polar surface area (TPSA) is 81.7 Å². The van der Waals surface area contributed by atoms with Crippen LogP contribution < -0.4 is 4.52 Å². The number of hydrogen-bond donors (Lipinski definition) is 0. The zero-order chi connectivity index (χ0) is 41.2. The fourth-order valence-electron chi connectivity index (χ4n) is 8.73. The van der Waals surface area contributed by atoms with Gasteiger partial charge < -0.3 is 32.1 Å². The molecule has 9 heteroatoms. The summed E-state index contributed by atoms with van der Waals surface area (Å²) < 4.78 is 55.1. The average Bonchev–Trinajstić information content (AvgIpc) is 3.51. The van der Waals surface area contributed by atoms with E-state index in [-0.39, 0.29) is 13.2 Å². The summed E-state index contributed by atoms with van der Waals surface area (Å²) in [5, 5.41) is 6.24. The van der Waals surface area contributed by atoms with Crippen LogP contribution in [0.5, 0.6) is 0 Å². The van der Waals surface area contributed by atoms with Gasteiger partial charge in [0.1, 0.15) is 41.7 Å². The molecule has 2 aliphatic heterocycles. The molecule has 8 nitrogen and oxygen atoms in total. The Morgan fingerprint density at radius 1 is 0.435 bits per heavy atom. The third kappa shape index (κ3) is 7.72. The first-order valence-electron chi connectivity index (χ1n) is 21.0. The van der Waals surface area contributed by atoms with Crippen LogP contribution in [-0.4, -0.2) is 37.6 Å². The molecule has 0 amide bonds. The van der Waals surface area contributed by atoms with Gasteiger partial charge in [0, 0.05) is 21.9 Å². The van der Waals surface area contributed by atoms with Crippen LogP contribution in [-0.2, 0) is 23.7 Å². The summed E-state index contributed by atoms with van der Waals surface area (Å²) in [4.78, 5) is 0. The molecule has 0 aliphatic carbocycles. The van der Waals surface area contributed by atoms with Crippen LogP contribution >= 0.6 is 8.24 Å². The molecular weight excluding hydrogens is 796 g/mol. The molecule has 308 valence electrons. The summed E-state index contributed by atoms with van der Waals surface area (Å²) in [5.41, 5.74) is 5.11. The molecule has 2 unspecified atom stereocenters. The average molecular weight is 839 g/mol. The van der Waals surface area contributed by atoms with Gasteiger partial charge in [-0.2, -0.15) is 0 Å². The van der Waals surface area contributed by atoms with E-state index in [1.807, 2.05) is 121 Å². The van der Waals surface area contributed by atoms with Crippen LogP contribution in [0.3, 0.4) is 0 Å². The lowest BCUT2D eigenvalue weighted by molar-refractivity contribution is -0.333. The highest BCUT2D eigenvalue weighted by molar-refractivity contribution is 7.31. The molecule has 62 heavy (non-hydrogen) atoms. The molecule has 2 saturated heterocycles. The zero-order valence-electron chi connectivity index (χ0n) is 33.6. The second-order valence-electron chi connectivity index (χ2n) is 15.6. The first-order chi connectivity index (χ1) is 30.7.